The van der Waals surface area contributed by atoms with Crippen LogP contribution < -0.4 is 15.8 Å². The van der Waals surface area contributed by atoms with Gasteiger partial charge in [0.25, 0.3) is 0 Å². The number of nitrogen functional groups attached to an aromatic ring is 1. The normalized spacial score (nSPS) is 11.2. The summed E-state index contributed by atoms with van der Waals surface area (Å²) in [4.78, 5) is 0. The van der Waals surface area contributed by atoms with Gasteiger partial charge in [0, 0.05) is 24.0 Å². The van der Waals surface area contributed by atoms with Gasteiger partial charge >= 0.3 is 6.36 Å². The van der Waals surface area contributed by atoms with Gasteiger partial charge in [-0.2, -0.15) is 0 Å². The molecule has 0 aliphatic heterocycles. The maximum absolute atomic E-state index is 12.1. The van der Waals surface area contributed by atoms with Gasteiger partial charge in [0.2, 0.25) is 0 Å². The summed E-state index contributed by atoms with van der Waals surface area (Å²) < 4.78 is 40.1. The first-order chi connectivity index (χ1) is 9.39. The molecule has 0 heterocycles. The molecular weight excluding hydrogens is 269 g/mol. The Morgan fingerprint density at radius 1 is 1.05 bits per heavy atom. The molecule has 0 aliphatic rings. The Kier molecular flexibility index (Phi) is 3.74. The van der Waals surface area contributed by atoms with Gasteiger partial charge in [0.05, 0.1) is 0 Å². The maximum atomic E-state index is 12.1. The van der Waals surface area contributed by atoms with Crippen LogP contribution in [0, 0.1) is 0 Å². The predicted octanol–water partition coefficient (Wildman–Crippen LogP) is 3.88. The lowest BCUT2D eigenvalue weighted by Crippen LogP contribution is -2.16. The fraction of sp³-hybridized carbons (Fsp3) is 0.143. The third kappa shape index (κ3) is 3.34. The molecule has 0 fully saturated rings. The van der Waals surface area contributed by atoms with Crippen LogP contribution in [0.5, 0.6) is 5.75 Å². The van der Waals surface area contributed by atoms with Crippen LogP contribution in [-0.4, -0.2) is 13.4 Å². The van der Waals surface area contributed by atoms with Gasteiger partial charge in [0.1, 0.15) is 5.75 Å². The molecule has 0 aliphatic carbocycles. The van der Waals surface area contributed by atoms with E-state index < -0.39 is 6.36 Å². The van der Waals surface area contributed by atoms with Gasteiger partial charge in [-0.15, -0.1) is 13.2 Å². The minimum atomic E-state index is -4.69. The number of hydrogen-bond donors (Lipinski definition) is 2. The molecule has 0 bridgehead atoms. The monoisotopic (exact) mass is 282 g/mol. The Hall–Kier alpha value is -2.37. The second kappa shape index (κ2) is 5.32. The number of ether oxygens (including phenoxy) is 1. The number of rotatable bonds is 3. The second-order valence-corrected chi connectivity index (χ2v) is 4.13. The zero-order chi connectivity index (χ0) is 14.8. The van der Waals surface area contributed by atoms with Crippen molar-refractivity contribution < 1.29 is 17.9 Å². The molecule has 3 N–H and O–H groups in total. The van der Waals surface area contributed by atoms with Crippen molar-refractivity contribution in [2.24, 2.45) is 0 Å². The molecule has 0 aromatic heterocycles. The molecule has 2 aromatic rings. The first kappa shape index (κ1) is 14.0. The van der Waals surface area contributed by atoms with E-state index in [1.54, 1.807) is 31.3 Å². The third-order valence-electron chi connectivity index (χ3n) is 2.71. The summed E-state index contributed by atoms with van der Waals surface area (Å²) in [7, 11) is 1.76. The molecular formula is C14H13F3N2O. The zero-order valence-corrected chi connectivity index (χ0v) is 10.7. The Morgan fingerprint density at radius 3 is 2.25 bits per heavy atom. The number of benzene rings is 2. The van der Waals surface area contributed by atoms with E-state index in [0.29, 0.717) is 5.69 Å². The summed E-state index contributed by atoms with van der Waals surface area (Å²) in [5, 5.41) is 3.01. The first-order valence-corrected chi connectivity index (χ1v) is 5.82. The second-order valence-electron chi connectivity index (χ2n) is 4.13. The molecule has 0 spiro atoms. The summed E-state index contributed by atoms with van der Waals surface area (Å²) in [5.74, 6) is -0.254. The fourth-order valence-electron chi connectivity index (χ4n) is 1.85. The van der Waals surface area contributed by atoms with Crippen LogP contribution in [0.25, 0.3) is 11.1 Å². The Bertz CT molecular complexity index is 594. The molecule has 0 unspecified atom stereocenters. The van der Waals surface area contributed by atoms with Crippen molar-refractivity contribution >= 4 is 11.4 Å². The summed E-state index contributed by atoms with van der Waals surface area (Å²) >= 11 is 0. The Morgan fingerprint density at radius 2 is 1.70 bits per heavy atom. The summed E-state index contributed by atoms with van der Waals surface area (Å²) in [6.07, 6.45) is -4.69. The van der Waals surface area contributed by atoms with Crippen LogP contribution in [0.15, 0.2) is 42.5 Å². The smallest absolute Gasteiger partial charge is 0.406 e. The molecule has 6 heteroatoms. The van der Waals surface area contributed by atoms with E-state index in [-0.39, 0.29) is 5.75 Å². The lowest BCUT2D eigenvalue weighted by atomic mass is 10.0. The van der Waals surface area contributed by atoms with E-state index in [0.717, 1.165) is 16.8 Å². The van der Waals surface area contributed by atoms with Gasteiger partial charge in [-0.05, 0) is 35.9 Å². The SMILES string of the molecule is CNc1ccc(N)cc1-c1ccc(OC(F)(F)F)cc1. The van der Waals surface area contributed by atoms with Gasteiger partial charge < -0.3 is 15.8 Å². The number of halogens is 3. The van der Waals surface area contributed by atoms with Crippen molar-refractivity contribution in [2.45, 2.75) is 6.36 Å². The summed E-state index contributed by atoms with van der Waals surface area (Å²) in [6.45, 7) is 0. The van der Waals surface area contributed by atoms with E-state index in [1.165, 1.54) is 12.1 Å². The van der Waals surface area contributed by atoms with E-state index in [9.17, 15) is 13.2 Å². The van der Waals surface area contributed by atoms with Crippen LogP contribution in [0.1, 0.15) is 0 Å². The van der Waals surface area contributed by atoms with Crippen molar-refractivity contribution in [2.75, 3.05) is 18.1 Å². The average Bonchev–Trinajstić information content (AvgIpc) is 2.38. The highest BCUT2D eigenvalue weighted by atomic mass is 19.4. The Balaban J connectivity index is 2.33. The van der Waals surface area contributed by atoms with Crippen molar-refractivity contribution in [3.8, 4) is 16.9 Å². The molecule has 0 amide bonds. The van der Waals surface area contributed by atoms with Gasteiger partial charge in [0.15, 0.2) is 0 Å². The summed E-state index contributed by atoms with van der Waals surface area (Å²) in [5.41, 5.74) is 8.70. The van der Waals surface area contributed by atoms with E-state index in [4.69, 9.17) is 5.73 Å². The quantitative estimate of drug-likeness (QED) is 0.840. The highest BCUT2D eigenvalue weighted by Gasteiger charge is 2.30. The van der Waals surface area contributed by atoms with E-state index in [1.807, 2.05) is 6.07 Å². The average molecular weight is 282 g/mol. The predicted molar refractivity (Wildman–Crippen MR) is 72.5 cm³/mol. The topological polar surface area (TPSA) is 47.3 Å². The highest BCUT2D eigenvalue weighted by molar-refractivity contribution is 5.80. The number of nitrogens with two attached hydrogens (primary N) is 1. The largest absolute Gasteiger partial charge is 0.573 e. The van der Waals surface area contributed by atoms with Gasteiger partial charge in [-0.25, -0.2) is 0 Å². The van der Waals surface area contributed by atoms with Crippen molar-refractivity contribution in [3.63, 3.8) is 0 Å². The minimum Gasteiger partial charge on any atom is -0.406 e. The lowest BCUT2D eigenvalue weighted by molar-refractivity contribution is -0.274. The van der Waals surface area contributed by atoms with E-state index >= 15 is 0 Å². The fourth-order valence-corrected chi connectivity index (χ4v) is 1.85. The van der Waals surface area contributed by atoms with Crippen LogP contribution in [0.2, 0.25) is 0 Å². The molecule has 0 saturated carbocycles. The number of nitrogens with one attached hydrogen (secondary N) is 1. The Labute approximate surface area is 114 Å². The van der Waals surface area contributed by atoms with Crippen LogP contribution in [-0.2, 0) is 0 Å². The number of hydrogen-bond acceptors (Lipinski definition) is 3. The number of alkyl halides is 3. The molecule has 0 atom stereocenters. The van der Waals surface area contributed by atoms with Gasteiger partial charge in [-0.1, -0.05) is 12.1 Å². The minimum absolute atomic E-state index is 0.254. The molecule has 0 radical (unpaired) electrons. The standard InChI is InChI=1S/C14H13F3N2O/c1-19-13-7-4-10(18)8-12(13)9-2-5-11(6-3-9)20-14(15,16)17/h2-8,19H,18H2,1H3. The third-order valence-corrected chi connectivity index (χ3v) is 2.71. The first-order valence-electron chi connectivity index (χ1n) is 5.82. The molecule has 0 saturated heterocycles. The van der Waals surface area contributed by atoms with Crippen molar-refractivity contribution in [1.82, 2.24) is 0 Å². The van der Waals surface area contributed by atoms with Crippen LogP contribution >= 0.6 is 0 Å². The van der Waals surface area contributed by atoms with Crippen LogP contribution in [0.3, 0.4) is 0 Å². The number of anilines is 2. The molecule has 3 nitrogen and oxygen atoms in total. The van der Waals surface area contributed by atoms with Gasteiger partial charge in [-0.3, -0.25) is 0 Å². The zero-order valence-electron chi connectivity index (χ0n) is 10.7. The molecule has 106 valence electrons. The van der Waals surface area contributed by atoms with Crippen molar-refractivity contribution in [3.05, 3.63) is 42.5 Å². The lowest BCUT2D eigenvalue weighted by Gasteiger charge is -2.12. The molecule has 2 rings (SSSR count). The maximum Gasteiger partial charge on any atom is 0.573 e. The van der Waals surface area contributed by atoms with Crippen molar-refractivity contribution in [1.29, 1.82) is 0 Å². The molecule has 20 heavy (non-hydrogen) atoms. The van der Waals surface area contributed by atoms with E-state index in [2.05, 4.69) is 10.1 Å². The molecule has 2 aromatic carbocycles. The highest BCUT2D eigenvalue weighted by Crippen LogP contribution is 2.32. The summed E-state index contributed by atoms with van der Waals surface area (Å²) in [6, 6.07) is 11.0. The van der Waals surface area contributed by atoms with Crippen LogP contribution in [0.4, 0.5) is 24.5 Å².